The van der Waals surface area contributed by atoms with E-state index in [0.29, 0.717) is 10.7 Å². The number of carbonyl (C=O) groups is 1. The van der Waals surface area contributed by atoms with E-state index >= 15 is 0 Å². The summed E-state index contributed by atoms with van der Waals surface area (Å²) >= 11 is 5.87. The maximum Gasteiger partial charge on any atom is 0.258 e. The van der Waals surface area contributed by atoms with Crippen molar-refractivity contribution in [2.24, 2.45) is 0 Å². The Balaban J connectivity index is 2.24. The van der Waals surface area contributed by atoms with Crippen LogP contribution in [0.1, 0.15) is 10.4 Å². The Morgan fingerprint density at radius 2 is 2.06 bits per heavy atom. The van der Waals surface area contributed by atoms with Crippen LogP contribution >= 0.6 is 11.6 Å². The predicted molar refractivity (Wildman–Crippen MR) is 63.6 cm³/mol. The van der Waals surface area contributed by atoms with Crippen molar-refractivity contribution in [1.29, 1.82) is 0 Å². The lowest BCUT2D eigenvalue weighted by molar-refractivity contribution is 0.102. The minimum Gasteiger partial charge on any atom is -0.321 e. The van der Waals surface area contributed by atoms with Crippen LogP contribution < -0.4 is 5.32 Å². The fourth-order valence-corrected chi connectivity index (χ4v) is 1.49. The van der Waals surface area contributed by atoms with Gasteiger partial charge in [0, 0.05) is 6.20 Å². The summed E-state index contributed by atoms with van der Waals surface area (Å²) in [6.45, 7) is 0. The van der Waals surface area contributed by atoms with Crippen molar-refractivity contribution in [3.8, 4) is 0 Å². The zero-order chi connectivity index (χ0) is 12.3. The smallest absolute Gasteiger partial charge is 0.258 e. The number of hydrogen-bond acceptors (Lipinski definition) is 2. The molecule has 1 aromatic heterocycles. The lowest BCUT2D eigenvalue weighted by Gasteiger charge is -2.07. The van der Waals surface area contributed by atoms with Gasteiger partial charge in [-0.2, -0.15) is 0 Å². The Labute approximate surface area is 102 Å². The molecule has 5 heteroatoms. The Hall–Kier alpha value is -1.94. The number of nitrogens with one attached hydrogen (secondary N) is 1. The molecule has 0 radical (unpaired) electrons. The molecule has 3 nitrogen and oxygen atoms in total. The Kier molecular flexibility index (Phi) is 3.35. The maximum absolute atomic E-state index is 13.3. The number of anilines is 1. The van der Waals surface area contributed by atoms with Gasteiger partial charge in [-0.15, -0.1) is 0 Å². The molecule has 17 heavy (non-hydrogen) atoms. The average molecular weight is 251 g/mol. The van der Waals surface area contributed by atoms with Crippen molar-refractivity contribution in [3.05, 3.63) is 59.1 Å². The summed E-state index contributed by atoms with van der Waals surface area (Å²) in [6, 6.07) is 8.05. The largest absolute Gasteiger partial charge is 0.321 e. The number of rotatable bonds is 2. The Bertz CT molecular complexity index is 560. The number of nitrogens with zero attached hydrogens (tertiary/aromatic N) is 1. The van der Waals surface area contributed by atoms with Crippen LogP contribution in [0.3, 0.4) is 0 Å². The summed E-state index contributed by atoms with van der Waals surface area (Å²) < 4.78 is 13.3. The van der Waals surface area contributed by atoms with Crippen LogP contribution in [0.25, 0.3) is 0 Å². The molecule has 0 fully saturated rings. The third-order valence-corrected chi connectivity index (χ3v) is 2.47. The van der Waals surface area contributed by atoms with Crippen LogP contribution in [0.2, 0.25) is 5.02 Å². The van der Waals surface area contributed by atoms with E-state index in [2.05, 4.69) is 10.3 Å². The maximum atomic E-state index is 13.3. The van der Waals surface area contributed by atoms with Gasteiger partial charge in [0.25, 0.3) is 5.91 Å². The number of carbonyl (C=O) groups excluding carboxylic acids is 1. The fraction of sp³-hybridized carbons (Fsp3) is 0. The van der Waals surface area contributed by atoms with Gasteiger partial charge in [0.05, 0.1) is 22.5 Å². The molecule has 86 valence electrons. The van der Waals surface area contributed by atoms with E-state index in [1.807, 2.05) is 0 Å². The monoisotopic (exact) mass is 250 g/mol. The minimum absolute atomic E-state index is 0.0695. The molecule has 0 aliphatic heterocycles. The summed E-state index contributed by atoms with van der Waals surface area (Å²) in [6.07, 6.45) is 2.34. The van der Waals surface area contributed by atoms with Crippen LogP contribution in [0.4, 0.5) is 10.1 Å². The van der Waals surface area contributed by atoms with E-state index in [-0.39, 0.29) is 5.56 Å². The topological polar surface area (TPSA) is 42.0 Å². The number of pyridine rings is 1. The second kappa shape index (κ2) is 4.93. The Morgan fingerprint density at radius 3 is 2.76 bits per heavy atom. The van der Waals surface area contributed by atoms with Crippen LogP contribution in [-0.4, -0.2) is 10.9 Å². The lowest BCUT2D eigenvalue weighted by atomic mass is 10.2. The molecule has 0 saturated heterocycles. The van der Waals surface area contributed by atoms with Crippen LogP contribution in [0.5, 0.6) is 0 Å². The SMILES string of the molecule is O=C(Nc1ccccc1Cl)c1ccncc1F. The summed E-state index contributed by atoms with van der Waals surface area (Å²) in [7, 11) is 0. The zero-order valence-electron chi connectivity index (χ0n) is 8.65. The third-order valence-electron chi connectivity index (χ3n) is 2.14. The lowest BCUT2D eigenvalue weighted by Crippen LogP contribution is -2.14. The molecule has 0 spiro atoms. The predicted octanol–water partition coefficient (Wildman–Crippen LogP) is 3.13. The molecule has 0 atom stereocenters. The molecule has 0 bridgehead atoms. The number of aromatic nitrogens is 1. The highest BCUT2D eigenvalue weighted by molar-refractivity contribution is 6.33. The first kappa shape index (κ1) is 11.5. The molecular weight excluding hydrogens is 243 g/mol. The summed E-state index contributed by atoms with van der Waals surface area (Å²) in [5, 5.41) is 2.93. The van der Waals surface area contributed by atoms with E-state index in [4.69, 9.17) is 11.6 Å². The second-order valence-corrected chi connectivity index (χ2v) is 3.70. The molecule has 2 rings (SSSR count). The van der Waals surface area contributed by atoms with Crippen LogP contribution in [0, 0.1) is 5.82 Å². The van der Waals surface area contributed by atoms with Crippen molar-refractivity contribution in [3.63, 3.8) is 0 Å². The fourth-order valence-electron chi connectivity index (χ4n) is 1.31. The first-order valence-corrected chi connectivity index (χ1v) is 5.21. The molecule has 1 aromatic carbocycles. The van der Waals surface area contributed by atoms with Gasteiger partial charge in [-0.1, -0.05) is 23.7 Å². The first-order valence-electron chi connectivity index (χ1n) is 4.84. The van der Waals surface area contributed by atoms with Crippen LogP contribution in [-0.2, 0) is 0 Å². The van der Waals surface area contributed by atoms with E-state index in [1.54, 1.807) is 24.3 Å². The average Bonchev–Trinajstić information content (AvgIpc) is 2.32. The van der Waals surface area contributed by atoms with Crippen molar-refractivity contribution in [2.75, 3.05) is 5.32 Å². The molecule has 2 aromatic rings. The van der Waals surface area contributed by atoms with E-state index in [0.717, 1.165) is 6.20 Å². The molecule has 0 saturated carbocycles. The molecule has 1 amide bonds. The van der Waals surface area contributed by atoms with Gasteiger partial charge >= 0.3 is 0 Å². The van der Waals surface area contributed by atoms with Gasteiger partial charge in [-0.05, 0) is 18.2 Å². The minimum atomic E-state index is -0.669. The van der Waals surface area contributed by atoms with Gasteiger partial charge in [-0.25, -0.2) is 4.39 Å². The molecule has 1 heterocycles. The highest BCUT2D eigenvalue weighted by Crippen LogP contribution is 2.21. The van der Waals surface area contributed by atoms with Gasteiger partial charge in [0.1, 0.15) is 0 Å². The van der Waals surface area contributed by atoms with Gasteiger partial charge < -0.3 is 5.32 Å². The molecular formula is C12H8ClFN2O. The second-order valence-electron chi connectivity index (χ2n) is 3.29. The highest BCUT2D eigenvalue weighted by atomic mass is 35.5. The van der Waals surface area contributed by atoms with Crippen molar-refractivity contribution < 1.29 is 9.18 Å². The Morgan fingerprint density at radius 1 is 1.29 bits per heavy atom. The number of amides is 1. The molecule has 1 N–H and O–H groups in total. The molecule has 0 unspecified atom stereocenters. The summed E-state index contributed by atoms with van der Waals surface area (Å²) in [5.41, 5.74) is 0.371. The van der Waals surface area contributed by atoms with Crippen molar-refractivity contribution in [1.82, 2.24) is 4.98 Å². The third kappa shape index (κ3) is 2.60. The molecule has 0 aliphatic rings. The quantitative estimate of drug-likeness (QED) is 0.890. The van der Waals surface area contributed by atoms with Gasteiger partial charge in [0.15, 0.2) is 5.82 Å². The highest BCUT2D eigenvalue weighted by Gasteiger charge is 2.12. The van der Waals surface area contributed by atoms with Crippen molar-refractivity contribution >= 4 is 23.2 Å². The van der Waals surface area contributed by atoms with E-state index in [9.17, 15) is 9.18 Å². The molecule has 0 aliphatic carbocycles. The number of halogens is 2. The van der Waals surface area contributed by atoms with Crippen LogP contribution in [0.15, 0.2) is 42.7 Å². The van der Waals surface area contributed by atoms with Gasteiger partial charge in [0.2, 0.25) is 0 Å². The van der Waals surface area contributed by atoms with E-state index in [1.165, 1.54) is 12.3 Å². The number of hydrogen-bond donors (Lipinski definition) is 1. The van der Waals surface area contributed by atoms with E-state index < -0.39 is 11.7 Å². The number of benzene rings is 1. The summed E-state index contributed by atoms with van der Waals surface area (Å²) in [5.74, 6) is -1.23. The zero-order valence-corrected chi connectivity index (χ0v) is 9.41. The van der Waals surface area contributed by atoms with Gasteiger partial charge in [-0.3, -0.25) is 9.78 Å². The number of para-hydroxylation sites is 1. The standard InChI is InChI=1S/C12H8ClFN2O/c13-9-3-1-2-4-11(9)16-12(17)8-5-6-15-7-10(8)14/h1-7H,(H,16,17). The van der Waals surface area contributed by atoms with Crippen molar-refractivity contribution in [2.45, 2.75) is 0 Å². The normalized spacial score (nSPS) is 10.0. The first-order chi connectivity index (χ1) is 8.18. The summed E-state index contributed by atoms with van der Waals surface area (Å²) in [4.78, 5) is 15.3.